The molecule has 0 unspecified atom stereocenters. The summed E-state index contributed by atoms with van der Waals surface area (Å²) < 4.78 is 5.03. The van der Waals surface area contributed by atoms with E-state index in [9.17, 15) is 4.79 Å². The number of nitrogens with zero attached hydrogens (tertiary/aromatic N) is 1. The first-order chi connectivity index (χ1) is 10.1. The molecule has 4 nitrogen and oxygen atoms in total. The Kier molecular flexibility index (Phi) is 3.70. The van der Waals surface area contributed by atoms with Crippen LogP contribution in [0.5, 0.6) is 0 Å². The number of pyridine rings is 1. The topological polar surface area (TPSA) is 55.0 Å². The molecule has 0 radical (unpaired) electrons. The van der Waals surface area contributed by atoms with Crippen molar-refractivity contribution in [2.24, 2.45) is 11.8 Å². The van der Waals surface area contributed by atoms with Crippen LogP contribution in [0, 0.1) is 11.8 Å². The van der Waals surface area contributed by atoms with Gasteiger partial charge in [0.15, 0.2) is 0 Å². The van der Waals surface area contributed by atoms with Crippen LogP contribution in [0.2, 0.25) is 0 Å². The van der Waals surface area contributed by atoms with Crippen LogP contribution in [0.15, 0.2) is 12.1 Å². The number of hydrogen-bond acceptors (Lipinski definition) is 3. The van der Waals surface area contributed by atoms with Crippen LogP contribution in [-0.4, -0.2) is 22.5 Å². The first-order valence-corrected chi connectivity index (χ1v) is 7.77. The largest absolute Gasteiger partial charge is 0.461 e. The van der Waals surface area contributed by atoms with Gasteiger partial charge >= 0.3 is 5.97 Å². The van der Waals surface area contributed by atoms with Gasteiger partial charge in [-0.25, -0.2) is 4.79 Å². The van der Waals surface area contributed by atoms with E-state index in [2.05, 4.69) is 24.9 Å². The normalized spacial score (nSPS) is 18.0. The molecule has 2 heterocycles. The molecule has 1 N–H and O–H groups in total. The van der Waals surface area contributed by atoms with Gasteiger partial charge in [0.25, 0.3) is 0 Å². The van der Waals surface area contributed by atoms with Crippen molar-refractivity contribution < 1.29 is 9.53 Å². The summed E-state index contributed by atoms with van der Waals surface area (Å²) in [6, 6.07) is 3.96. The second-order valence-electron chi connectivity index (χ2n) is 6.18. The van der Waals surface area contributed by atoms with Crippen LogP contribution < -0.4 is 0 Å². The molecule has 0 aliphatic heterocycles. The maximum atomic E-state index is 11.8. The Morgan fingerprint density at radius 3 is 3.00 bits per heavy atom. The van der Waals surface area contributed by atoms with E-state index in [-0.39, 0.29) is 5.97 Å². The predicted octanol–water partition coefficient (Wildman–Crippen LogP) is 3.50. The van der Waals surface area contributed by atoms with Crippen LogP contribution in [0.3, 0.4) is 0 Å². The van der Waals surface area contributed by atoms with Gasteiger partial charge in [-0.05, 0) is 55.7 Å². The molecule has 1 aliphatic carbocycles. The van der Waals surface area contributed by atoms with E-state index in [0.29, 0.717) is 18.2 Å². The molecule has 2 aromatic rings. The fourth-order valence-corrected chi connectivity index (χ4v) is 3.12. The van der Waals surface area contributed by atoms with Gasteiger partial charge < -0.3 is 9.72 Å². The lowest BCUT2D eigenvalue weighted by molar-refractivity contribution is 0.0520. The molecule has 1 aliphatic rings. The zero-order valence-electron chi connectivity index (χ0n) is 12.9. The minimum atomic E-state index is -0.312. The quantitative estimate of drug-likeness (QED) is 0.879. The summed E-state index contributed by atoms with van der Waals surface area (Å²) in [6.45, 7) is 6.77. The molecule has 0 spiro atoms. The fourth-order valence-electron chi connectivity index (χ4n) is 3.12. The van der Waals surface area contributed by atoms with Gasteiger partial charge in [-0.3, -0.25) is 4.98 Å². The van der Waals surface area contributed by atoms with Gasteiger partial charge in [0.1, 0.15) is 5.69 Å². The van der Waals surface area contributed by atoms with E-state index < -0.39 is 0 Å². The van der Waals surface area contributed by atoms with Crippen molar-refractivity contribution in [2.75, 3.05) is 6.61 Å². The average Bonchev–Trinajstić information content (AvgIpc) is 2.87. The lowest BCUT2D eigenvalue weighted by atomic mass is 9.80. The number of nitrogens with one attached hydrogen (secondary N) is 1. The van der Waals surface area contributed by atoms with E-state index in [1.54, 1.807) is 6.07 Å². The highest BCUT2D eigenvalue weighted by Crippen LogP contribution is 2.31. The van der Waals surface area contributed by atoms with Crippen LogP contribution in [0.1, 0.15) is 48.9 Å². The predicted molar refractivity (Wildman–Crippen MR) is 82.4 cm³/mol. The lowest BCUT2D eigenvalue weighted by Crippen LogP contribution is -2.19. The van der Waals surface area contributed by atoms with Gasteiger partial charge in [0, 0.05) is 5.69 Å². The molecule has 0 fully saturated rings. The Morgan fingerprint density at radius 2 is 2.29 bits per heavy atom. The zero-order chi connectivity index (χ0) is 15.0. The molecular formula is C17H22N2O2. The SMILES string of the molecule is CCOC(=O)c1cc2nc3c(cc2[nH]1)C[C@@H](C(C)C)CC3. The highest BCUT2D eigenvalue weighted by molar-refractivity contribution is 5.93. The number of rotatable bonds is 3. The number of aromatic amines is 1. The zero-order valence-corrected chi connectivity index (χ0v) is 12.9. The molecule has 4 heteroatoms. The highest BCUT2D eigenvalue weighted by atomic mass is 16.5. The third-order valence-corrected chi connectivity index (χ3v) is 4.44. The van der Waals surface area contributed by atoms with Crippen molar-refractivity contribution >= 4 is 17.0 Å². The van der Waals surface area contributed by atoms with E-state index in [1.807, 2.05) is 6.92 Å². The van der Waals surface area contributed by atoms with Crippen molar-refractivity contribution in [3.05, 3.63) is 29.1 Å². The van der Waals surface area contributed by atoms with Crippen molar-refractivity contribution in [3.8, 4) is 0 Å². The monoisotopic (exact) mass is 286 g/mol. The summed E-state index contributed by atoms with van der Waals surface area (Å²) in [6.07, 6.45) is 3.33. The third kappa shape index (κ3) is 2.67. The van der Waals surface area contributed by atoms with E-state index in [4.69, 9.17) is 9.72 Å². The van der Waals surface area contributed by atoms with Crippen molar-refractivity contribution in [3.63, 3.8) is 0 Å². The minimum absolute atomic E-state index is 0.312. The fraction of sp³-hybridized carbons (Fsp3) is 0.529. The van der Waals surface area contributed by atoms with Gasteiger partial charge in [-0.1, -0.05) is 13.8 Å². The molecule has 0 saturated heterocycles. The standard InChI is InChI=1S/C17H22N2O2/c1-4-21-17(20)16-9-15-14(19-16)8-12-7-11(10(2)3)5-6-13(12)18-15/h8-11,19H,4-7H2,1-3H3/t11-/m0/s1. The molecule has 0 saturated carbocycles. The molecule has 3 rings (SSSR count). The van der Waals surface area contributed by atoms with Gasteiger partial charge in [-0.15, -0.1) is 0 Å². The molecule has 112 valence electrons. The Bertz CT molecular complexity index is 673. The molecule has 0 bridgehead atoms. The highest BCUT2D eigenvalue weighted by Gasteiger charge is 2.23. The molecule has 21 heavy (non-hydrogen) atoms. The first kappa shape index (κ1) is 14.1. The second-order valence-corrected chi connectivity index (χ2v) is 6.18. The van der Waals surface area contributed by atoms with Crippen molar-refractivity contribution in [1.29, 1.82) is 0 Å². The Hall–Kier alpha value is -1.84. The third-order valence-electron chi connectivity index (χ3n) is 4.44. The number of aromatic nitrogens is 2. The maximum absolute atomic E-state index is 11.8. The maximum Gasteiger partial charge on any atom is 0.354 e. The number of fused-ring (bicyclic) bond motifs is 2. The number of ether oxygens (including phenoxy) is 1. The molecule has 1 atom stereocenters. The number of esters is 1. The summed E-state index contributed by atoms with van der Waals surface area (Å²) in [4.78, 5) is 19.7. The van der Waals surface area contributed by atoms with Crippen LogP contribution in [0.4, 0.5) is 0 Å². The van der Waals surface area contributed by atoms with E-state index >= 15 is 0 Å². The molecule has 0 amide bonds. The van der Waals surface area contributed by atoms with E-state index in [1.165, 1.54) is 17.7 Å². The van der Waals surface area contributed by atoms with Gasteiger partial charge in [0.2, 0.25) is 0 Å². The number of carbonyl (C=O) groups excluding carboxylic acids is 1. The van der Waals surface area contributed by atoms with E-state index in [0.717, 1.165) is 29.8 Å². The molecule has 0 aromatic carbocycles. The van der Waals surface area contributed by atoms with Crippen LogP contribution >= 0.6 is 0 Å². The number of hydrogen-bond donors (Lipinski definition) is 1. The summed E-state index contributed by atoms with van der Waals surface area (Å²) >= 11 is 0. The Labute approximate surface area is 124 Å². The Morgan fingerprint density at radius 1 is 1.48 bits per heavy atom. The first-order valence-electron chi connectivity index (χ1n) is 7.77. The van der Waals surface area contributed by atoms with Crippen molar-refractivity contribution in [1.82, 2.24) is 9.97 Å². The summed E-state index contributed by atoms with van der Waals surface area (Å²) in [7, 11) is 0. The van der Waals surface area contributed by atoms with Crippen molar-refractivity contribution in [2.45, 2.75) is 40.0 Å². The lowest BCUT2D eigenvalue weighted by Gasteiger charge is -2.26. The smallest absolute Gasteiger partial charge is 0.354 e. The van der Waals surface area contributed by atoms with Crippen LogP contribution in [0.25, 0.3) is 11.0 Å². The van der Waals surface area contributed by atoms with Gasteiger partial charge in [0.05, 0.1) is 17.6 Å². The summed E-state index contributed by atoms with van der Waals surface area (Å²) in [5.41, 5.74) is 4.79. The Balaban J connectivity index is 1.95. The van der Waals surface area contributed by atoms with Gasteiger partial charge in [-0.2, -0.15) is 0 Å². The summed E-state index contributed by atoms with van der Waals surface area (Å²) in [5.74, 6) is 1.12. The molecular weight excluding hydrogens is 264 g/mol. The number of aryl methyl sites for hydroxylation is 1. The number of carbonyl (C=O) groups is 1. The summed E-state index contributed by atoms with van der Waals surface area (Å²) in [5, 5.41) is 0. The average molecular weight is 286 g/mol. The van der Waals surface area contributed by atoms with Crippen LogP contribution in [-0.2, 0) is 17.6 Å². The number of H-pyrrole nitrogens is 1. The molecule has 2 aromatic heterocycles. The minimum Gasteiger partial charge on any atom is -0.461 e. The second kappa shape index (κ2) is 5.51.